The number of rotatable bonds is 5. The number of thiol groups is 1. The molecular weight excluding hydrogens is 402 g/mol. The largest absolute Gasteiger partial charge is 0.369 e. The lowest BCUT2D eigenvalue weighted by molar-refractivity contribution is 0.190. The van der Waals surface area contributed by atoms with Crippen molar-refractivity contribution in [3.05, 3.63) is 52.6 Å². The third-order valence-corrected chi connectivity index (χ3v) is 5.89. The molecule has 1 aromatic carbocycles. The fourth-order valence-corrected chi connectivity index (χ4v) is 4.00. The maximum absolute atomic E-state index is 12.9. The average Bonchev–Trinajstić information content (AvgIpc) is 3.30. The van der Waals surface area contributed by atoms with Crippen LogP contribution in [0.3, 0.4) is 0 Å². The molecule has 3 aromatic heterocycles. The van der Waals surface area contributed by atoms with Gasteiger partial charge in [0, 0.05) is 32.7 Å². The van der Waals surface area contributed by atoms with Crippen molar-refractivity contribution in [1.29, 1.82) is 0 Å². The minimum absolute atomic E-state index is 0.118. The van der Waals surface area contributed by atoms with Crippen molar-refractivity contribution in [2.45, 2.75) is 13.1 Å². The van der Waals surface area contributed by atoms with Gasteiger partial charge in [0.25, 0.3) is 0 Å². The Morgan fingerprint density at radius 3 is 2.53 bits per heavy atom. The van der Waals surface area contributed by atoms with Crippen molar-refractivity contribution in [3.8, 4) is 0 Å². The van der Waals surface area contributed by atoms with E-state index in [0.717, 1.165) is 38.3 Å². The topological polar surface area (TPSA) is 103 Å². The van der Waals surface area contributed by atoms with Crippen LogP contribution in [0.5, 0.6) is 0 Å². The summed E-state index contributed by atoms with van der Waals surface area (Å²) in [5.74, 6) is 0.118. The number of hydrogen-bond acceptors (Lipinski definition) is 8. The summed E-state index contributed by atoms with van der Waals surface area (Å²) in [6, 6.07) is 9.72. The van der Waals surface area contributed by atoms with Crippen LogP contribution >= 0.6 is 12.8 Å². The molecule has 30 heavy (non-hydrogen) atoms. The summed E-state index contributed by atoms with van der Waals surface area (Å²) in [5.41, 5.74) is 7.95. The van der Waals surface area contributed by atoms with E-state index in [2.05, 4.69) is 32.9 Å². The molecule has 156 valence electrons. The molecule has 0 bridgehead atoms. The van der Waals surface area contributed by atoms with Gasteiger partial charge in [0.2, 0.25) is 5.95 Å². The highest BCUT2D eigenvalue weighted by molar-refractivity contribution is 7.77. The molecule has 0 aliphatic carbocycles. The zero-order valence-corrected chi connectivity index (χ0v) is 17.3. The molecule has 0 saturated carbocycles. The Labute approximate surface area is 178 Å². The molecule has 1 saturated heterocycles. The summed E-state index contributed by atoms with van der Waals surface area (Å²) in [6.45, 7) is 5.75. The second-order valence-electron chi connectivity index (χ2n) is 7.46. The van der Waals surface area contributed by atoms with Crippen molar-refractivity contribution in [1.82, 2.24) is 38.2 Å². The summed E-state index contributed by atoms with van der Waals surface area (Å²) in [4.78, 5) is 19.7. The molecule has 4 heterocycles. The number of nitrogens with zero attached hydrogens (tertiary/aromatic N) is 8. The van der Waals surface area contributed by atoms with E-state index in [-0.39, 0.29) is 11.6 Å². The molecule has 5 rings (SSSR count). The maximum atomic E-state index is 12.9. The highest BCUT2D eigenvalue weighted by atomic mass is 32.1. The van der Waals surface area contributed by atoms with Crippen LogP contribution in [-0.4, -0.2) is 70.9 Å². The van der Waals surface area contributed by atoms with Crippen molar-refractivity contribution in [2.24, 2.45) is 0 Å². The second kappa shape index (κ2) is 7.74. The highest BCUT2D eigenvalue weighted by Gasteiger charge is 2.19. The summed E-state index contributed by atoms with van der Waals surface area (Å²) >= 11 is 4.39. The first-order valence-corrected chi connectivity index (χ1v) is 10.3. The van der Waals surface area contributed by atoms with E-state index in [9.17, 15) is 4.79 Å². The van der Waals surface area contributed by atoms with E-state index in [1.807, 2.05) is 39.3 Å². The van der Waals surface area contributed by atoms with E-state index in [1.54, 1.807) is 6.20 Å². The monoisotopic (exact) mass is 425 g/mol. The number of anilines is 1. The SMILES string of the molecule is Nc1nc2c(cnn2CCN2CCN(S)CC2)c2nn(Cc3ccccc3)c(=O)n12. The summed E-state index contributed by atoms with van der Waals surface area (Å²) in [7, 11) is 0. The fourth-order valence-electron chi connectivity index (χ4n) is 3.82. The first kappa shape index (κ1) is 19.1. The molecule has 1 fully saturated rings. The maximum Gasteiger partial charge on any atom is 0.353 e. The fraction of sp³-hybridized carbons (Fsp3) is 0.368. The number of aromatic nitrogens is 6. The highest BCUT2D eigenvalue weighted by Crippen LogP contribution is 2.18. The van der Waals surface area contributed by atoms with Crippen LogP contribution in [0.1, 0.15) is 5.56 Å². The lowest BCUT2D eigenvalue weighted by Crippen LogP contribution is -2.43. The first-order valence-electron chi connectivity index (χ1n) is 9.91. The van der Waals surface area contributed by atoms with Gasteiger partial charge >= 0.3 is 5.69 Å². The molecule has 4 aromatic rings. The van der Waals surface area contributed by atoms with Gasteiger partial charge in [0.05, 0.1) is 24.7 Å². The van der Waals surface area contributed by atoms with Crippen molar-refractivity contribution >= 4 is 35.4 Å². The van der Waals surface area contributed by atoms with Crippen LogP contribution in [0.4, 0.5) is 5.95 Å². The van der Waals surface area contributed by atoms with E-state index < -0.39 is 0 Å². The lowest BCUT2D eigenvalue weighted by atomic mass is 10.2. The van der Waals surface area contributed by atoms with Crippen LogP contribution in [0, 0.1) is 0 Å². The zero-order chi connectivity index (χ0) is 20.7. The third kappa shape index (κ3) is 3.44. The van der Waals surface area contributed by atoms with Gasteiger partial charge in [-0.05, 0) is 5.56 Å². The van der Waals surface area contributed by atoms with Crippen molar-refractivity contribution in [3.63, 3.8) is 0 Å². The zero-order valence-electron chi connectivity index (χ0n) is 16.4. The van der Waals surface area contributed by atoms with Gasteiger partial charge < -0.3 is 5.73 Å². The predicted octanol–water partition coefficient (Wildman–Crippen LogP) is 0.334. The molecule has 2 N–H and O–H groups in total. The van der Waals surface area contributed by atoms with Crippen molar-refractivity contribution in [2.75, 3.05) is 38.5 Å². The number of hydrogen-bond donors (Lipinski definition) is 2. The average molecular weight is 426 g/mol. The molecule has 11 heteroatoms. The minimum Gasteiger partial charge on any atom is -0.369 e. The molecule has 0 atom stereocenters. The molecular formula is C19H23N9OS. The van der Waals surface area contributed by atoms with E-state index in [1.165, 1.54) is 9.08 Å². The quantitative estimate of drug-likeness (QED) is 0.444. The molecule has 10 nitrogen and oxygen atoms in total. The number of fused-ring (bicyclic) bond motifs is 3. The number of nitrogen functional groups attached to an aromatic ring is 1. The number of piperazine rings is 1. The Morgan fingerprint density at radius 2 is 1.77 bits per heavy atom. The van der Waals surface area contributed by atoms with Gasteiger partial charge in [-0.25, -0.2) is 18.6 Å². The Bertz CT molecular complexity index is 1240. The normalized spacial score (nSPS) is 16.0. The Kier molecular flexibility index (Phi) is 4.93. The van der Waals surface area contributed by atoms with Crippen LogP contribution in [0.15, 0.2) is 41.3 Å². The summed E-state index contributed by atoms with van der Waals surface area (Å²) in [5, 5.41) is 9.74. The molecule has 1 aliphatic rings. The van der Waals surface area contributed by atoms with Gasteiger partial charge in [-0.2, -0.15) is 10.1 Å². The molecule has 1 aliphatic heterocycles. The minimum atomic E-state index is -0.307. The Balaban J connectivity index is 1.46. The van der Waals surface area contributed by atoms with Crippen LogP contribution in [-0.2, 0) is 13.1 Å². The smallest absolute Gasteiger partial charge is 0.353 e. The molecule has 0 radical (unpaired) electrons. The number of nitrogens with two attached hydrogens (primary N) is 1. The van der Waals surface area contributed by atoms with Gasteiger partial charge in [-0.3, -0.25) is 9.21 Å². The molecule has 0 amide bonds. The van der Waals surface area contributed by atoms with Gasteiger partial charge in [-0.1, -0.05) is 43.1 Å². The predicted molar refractivity (Wildman–Crippen MR) is 117 cm³/mol. The van der Waals surface area contributed by atoms with Crippen LogP contribution in [0.2, 0.25) is 0 Å². The lowest BCUT2D eigenvalue weighted by Gasteiger charge is -2.31. The van der Waals surface area contributed by atoms with Gasteiger partial charge in [0.15, 0.2) is 11.3 Å². The van der Waals surface area contributed by atoms with Crippen molar-refractivity contribution < 1.29 is 0 Å². The first-order chi connectivity index (χ1) is 14.6. The Hall–Kier alpha value is -2.89. The van der Waals surface area contributed by atoms with Gasteiger partial charge in [0.1, 0.15) is 0 Å². The summed E-state index contributed by atoms with van der Waals surface area (Å²) in [6.07, 6.45) is 1.71. The second-order valence-corrected chi connectivity index (χ2v) is 8.02. The van der Waals surface area contributed by atoms with Crippen LogP contribution < -0.4 is 11.4 Å². The molecule has 0 unspecified atom stereocenters. The Morgan fingerprint density at radius 1 is 1.00 bits per heavy atom. The van der Waals surface area contributed by atoms with E-state index in [4.69, 9.17) is 5.73 Å². The number of benzene rings is 1. The summed E-state index contributed by atoms with van der Waals surface area (Å²) < 4.78 is 6.63. The van der Waals surface area contributed by atoms with E-state index in [0.29, 0.717) is 29.8 Å². The van der Waals surface area contributed by atoms with Crippen LogP contribution in [0.25, 0.3) is 16.7 Å². The van der Waals surface area contributed by atoms with E-state index >= 15 is 0 Å². The van der Waals surface area contributed by atoms with Gasteiger partial charge in [-0.15, -0.1) is 5.10 Å². The third-order valence-electron chi connectivity index (χ3n) is 5.49. The standard InChI is InChI=1S/C19H23N9OS/c20-18-22-16-15(12-21-26(16)11-8-24-6-9-25(30)10-7-24)17-23-27(19(29)28(17)18)13-14-4-2-1-3-5-14/h1-5,12,30H,6-11,13H2,(H2,20,22). The molecule has 0 spiro atoms.